The number of aromatic nitrogens is 2. The average molecular weight is 330 g/mol. The molecule has 0 unspecified atom stereocenters. The first-order valence-corrected chi connectivity index (χ1v) is 7.51. The average Bonchev–Trinajstić information content (AvgIpc) is 2.91. The Morgan fingerprint density at radius 3 is 2.79 bits per heavy atom. The molecule has 0 saturated carbocycles. The lowest BCUT2D eigenvalue weighted by atomic mass is 10.1. The normalized spacial score (nSPS) is 15.1. The van der Waals surface area contributed by atoms with Gasteiger partial charge < -0.3 is 15.4 Å². The summed E-state index contributed by atoms with van der Waals surface area (Å²) in [5.41, 5.74) is 7.76. The summed E-state index contributed by atoms with van der Waals surface area (Å²) in [6.45, 7) is 4.59. The SMILES string of the molecule is Cc1cn(N=Cc2cc(N3CCOCC3)ccc2[N+](=O)[O-])c(N)n1. The van der Waals surface area contributed by atoms with Crippen molar-refractivity contribution in [1.29, 1.82) is 0 Å². The Hall–Kier alpha value is -2.94. The highest BCUT2D eigenvalue weighted by Crippen LogP contribution is 2.24. The van der Waals surface area contributed by atoms with E-state index in [-0.39, 0.29) is 11.6 Å². The molecule has 0 aliphatic carbocycles. The maximum Gasteiger partial charge on any atom is 0.278 e. The molecule has 2 N–H and O–H groups in total. The molecule has 0 atom stereocenters. The van der Waals surface area contributed by atoms with Crippen molar-refractivity contribution >= 4 is 23.5 Å². The lowest BCUT2D eigenvalue weighted by Crippen LogP contribution is -2.36. The fraction of sp³-hybridized carbons (Fsp3) is 0.333. The van der Waals surface area contributed by atoms with Crippen molar-refractivity contribution in [3.05, 3.63) is 45.8 Å². The number of nitrogens with zero attached hydrogens (tertiary/aromatic N) is 5. The van der Waals surface area contributed by atoms with Crippen LogP contribution in [0.2, 0.25) is 0 Å². The molecule has 1 aliphatic heterocycles. The van der Waals surface area contributed by atoms with Crippen molar-refractivity contribution in [3.8, 4) is 0 Å². The molecule has 0 bridgehead atoms. The molecule has 24 heavy (non-hydrogen) atoms. The maximum atomic E-state index is 11.3. The Morgan fingerprint density at radius 2 is 2.17 bits per heavy atom. The molecule has 2 aromatic rings. The molecule has 1 saturated heterocycles. The second-order valence-corrected chi connectivity index (χ2v) is 5.43. The molecular formula is C15H18N6O3. The number of nitro groups is 1. The fourth-order valence-corrected chi connectivity index (χ4v) is 2.55. The number of benzene rings is 1. The number of nitrogens with two attached hydrogens (primary N) is 1. The predicted molar refractivity (Wildman–Crippen MR) is 90.5 cm³/mol. The number of aryl methyl sites for hydroxylation is 1. The zero-order valence-corrected chi connectivity index (χ0v) is 13.3. The number of nitrogen functional groups attached to an aromatic ring is 1. The number of imidazole rings is 1. The van der Waals surface area contributed by atoms with Crippen molar-refractivity contribution in [2.75, 3.05) is 36.9 Å². The molecule has 1 aliphatic rings. The minimum absolute atomic E-state index is 0.00818. The largest absolute Gasteiger partial charge is 0.378 e. The first-order chi connectivity index (χ1) is 11.5. The van der Waals surface area contributed by atoms with E-state index in [1.54, 1.807) is 25.3 Å². The molecule has 9 heteroatoms. The predicted octanol–water partition coefficient (Wildman–Crippen LogP) is 1.40. The minimum atomic E-state index is -0.424. The van der Waals surface area contributed by atoms with E-state index in [1.807, 2.05) is 0 Å². The Balaban J connectivity index is 1.94. The first kappa shape index (κ1) is 15.9. The number of rotatable bonds is 4. The molecular weight excluding hydrogens is 312 g/mol. The Bertz CT molecular complexity index is 780. The van der Waals surface area contributed by atoms with E-state index < -0.39 is 4.92 Å². The molecule has 0 radical (unpaired) electrons. The van der Waals surface area contributed by atoms with Gasteiger partial charge in [0.2, 0.25) is 5.95 Å². The van der Waals surface area contributed by atoms with Crippen LogP contribution >= 0.6 is 0 Å². The highest BCUT2D eigenvalue weighted by Gasteiger charge is 2.17. The number of ether oxygens (including phenoxy) is 1. The van der Waals surface area contributed by atoms with Crippen LogP contribution in [-0.4, -0.2) is 47.1 Å². The number of hydrogen-bond donors (Lipinski definition) is 1. The molecule has 1 aromatic heterocycles. The van der Waals surface area contributed by atoms with Crippen molar-refractivity contribution in [2.45, 2.75) is 6.92 Å². The molecule has 1 aromatic carbocycles. The van der Waals surface area contributed by atoms with Crippen LogP contribution in [-0.2, 0) is 4.74 Å². The summed E-state index contributed by atoms with van der Waals surface area (Å²) < 4.78 is 6.72. The molecule has 126 valence electrons. The number of nitro benzene ring substituents is 1. The molecule has 2 heterocycles. The summed E-state index contributed by atoms with van der Waals surface area (Å²) >= 11 is 0. The monoisotopic (exact) mass is 330 g/mol. The van der Waals surface area contributed by atoms with Crippen LogP contribution in [0.4, 0.5) is 17.3 Å². The van der Waals surface area contributed by atoms with Gasteiger partial charge in [-0.15, -0.1) is 0 Å². The minimum Gasteiger partial charge on any atom is -0.378 e. The smallest absolute Gasteiger partial charge is 0.278 e. The summed E-state index contributed by atoms with van der Waals surface area (Å²) in [6.07, 6.45) is 3.09. The lowest BCUT2D eigenvalue weighted by molar-refractivity contribution is -0.385. The van der Waals surface area contributed by atoms with E-state index in [0.717, 1.165) is 24.5 Å². The van der Waals surface area contributed by atoms with Gasteiger partial charge in [-0.3, -0.25) is 10.1 Å². The van der Waals surface area contributed by atoms with Crippen LogP contribution in [0, 0.1) is 17.0 Å². The van der Waals surface area contributed by atoms with Gasteiger partial charge in [0.15, 0.2) is 0 Å². The third-order valence-corrected chi connectivity index (χ3v) is 3.74. The molecule has 9 nitrogen and oxygen atoms in total. The van der Waals surface area contributed by atoms with Crippen LogP contribution in [0.1, 0.15) is 11.3 Å². The van der Waals surface area contributed by atoms with E-state index in [0.29, 0.717) is 18.8 Å². The third kappa shape index (κ3) is 3.35. The Kier molecular flexibility index (Phi) is 4.43. The van der Waals surface area contributed by atoms with Crippen molar-refractivity contribution in [2.24, 2.45) is 5.10 Å². The molecule has 0 spiro atoms. The maximum absolute atomic E-state index is 11.3. The van der Waals surface area contributed by atoms with Crippen LogP contribution < -0.4 is 10.6 Å². The standard InChI is InChI=1S/C15H18N6O3/c1-11-10-20(15(16)18-11)17-9-12-8-13(2-3-14(12)21(22)23)19-4-6-24-7-5-19/h2-3,8-10H,4-7H2,1H3,(H2,16,18). The first-order valence-electron chi connectivity index (χ1n) is 7.51. The van der Waals surface area contributed by atoms with Gasteiger partial charge in [0.05, 0.1) is 41.8 Å². The highest BCUT2D eigenvalue weighted by molar-refractivity contribution is 5.87. The zero-order valence-electron chi connectivity index (χ0n) is 13.3. The highest BCUT2D eigenvalue weighted by atomic mass is 16.6. The summed E-state index contributed by atoms with van der Waals surface area (Å²) in [5, 5.41) is 15.4. The molecule has 1 fully saturated rings. The summed E-state index contributed by atoms with van der Waals surface area (Å²) in [6, 6.07) is 5.00. The second kappa shape index (κ2) is 6.67. The van der Waals surface area contributed by atoms with E-state index in [1.165, 1.54) is 17.0 Å². The van der Waals surface area contributed by atoms with E-state index in [9.17, 15) is 10.1 Å². The third-order valence-electron chi connectivity index (χ3n) is 3.74. The van der Waals surface area contributed by atoms with Crippen LogP contribution in [0.25, 0.3) is 0 Å². The van der Waals surface area contributed by atoms with Gasteiger partial charge in [0, 0.05) is 24.8 Å². The number of anilines is 2. The fourth-order valence-electron chi connectivity index (χ4n) is 2.55. The summed E-state index contributed by atoms with van der Waals surface area (Å²) in [7, 11) is 0. The van der Waals surface area contributed by atoms with Crippen molar-refractivity contribution in [1.82, 2.24) is 9.66 Å². The van der Waals surface area contributed by atoms with E-state index in [4.69, 9.17) is 10.5 Å². The summed E-state index contributed by atoms with van der Waals surface area (Å²) in [4.78, 5) is 17.0. The molecule has 0 amide bonds. The summed E-state index contributed by atoms with van der Waals surface area (Å²) in [5.74, 6) is 0.232. The number of hydrogen-bond acceptors (Lipinski definition) is 7. The van der Waals surface area contributed by atoms with Crippen LogP contribution in [0.3, 0.4) is 0 Å². The second-order valence-electron chi connectivity index (χ2n) is 5.43. The lowest BCUT2D eigenvalue weighted by Gasteiger charge is -2.28. The van der Waals surface area contributed by atoms with Crippen molar-refractivity contribution < 1.29 is 9.66 Å². The molecule has 3 rings (SSSR count). The van der Waals surface area contributed by atoms with E-state index >= 15 is 0 Å². The zero-order chi connectivity index (χ0) is 17.1. The van der Waals surface area contributed by atoms with Gasteiger partial charge in [-0.05, 0) is 19.1 Å². The van der Waals surface area contributed by atoms with Gasteiger partial charge in [-0.2, -0.15) is 5.10 Å². The van der Waals surface area contributed by atoms with Crippen molar-refractivity contribution in [3.63, 3.8) is 0 Å². The van der Waals surface area contributed by atoms with Gasteiger partial charge in [-0.25, -0.2) is 9.66 Å². The number of morpholine rings is 1. The van der Waals surface area contributed by atoms with Gasteiger partial charge in [0.25, 0.3) is 5.69 Å². The van der Waals surface area contributed by atoms with Crippen LogP contribution in [0.5, 0.6) is 0 Å². The Morgan fingerprint density at radius 1 is 1.42 bits per heavy atom. The van der Waals surface area contributed by atoms with E-state index in [2.05, 4.69) is 15.0 Å². The van der Waals surface area contributed by atoms with Gasteiger partial charge in [0.1, 0.15) is 0 Å². The Labute approximate surface area is 138 Å². The topological polar surface area (TPSA) is 112 Å². The van der Waals surface area contributed by atoms with Gasteiger partial charge in [-0.1, -0.05) is 0 Å². The van der Waals surface area contributed by atoms with Gasteiger partial charge >= 0.3 is 0 Å². The quantitative estimate of drug-likeness (QED) is 0.515. The van der Waals surface area contributed by atoms with Crippen LogP contribution in [0.15, 0.2) is 29.5 Å².